The number of phenolic OH excluding ortho intramolecular Hbond substituents is 1. The van der Waals surface area contributed by atoms with Crippen molar-refractivity contribution in [3.8, 4) is 11.5 Å². The van der Waals surface area contributed by atoms with E-state index in [-0.39, 0.29) is 27.8 Å². The fraction of sp³-hybridized carbons (Fsp3) is 0.185. The number of ether oxygens (including phenoxy) is 1. The summed E-state index contributed by atoms with van der Waals surface area (Å²) in [5.74, 6) is -0.0368. The molecule has 0 aromatic heterocycles. The Balaban J connectivity index is 1.81. The number of aromatic hydroxyl groups is 1. The Morgan fingerprint density at radius 1 is 0.957 bits per heavy atom. The molecule has 0 aliphatic heterocycles. The van der Waals surface area contributed by atoms with Crippen LogP contribution in [0.2, 0.25) is 0 Å². The first kappa shape index (κ1) is 34.5. The molecule has 0 aliphatic rings. The highest BCUT2D eigenvalue weighted by molar-refractivity contribution is 8.04. The molecule has 244 valence electrons. The number of sulfone groups is 1. The summed E-state index contributed by atoms with van der Waals surface area (Å²) >= 11 is -3.15. The van der Waals surface area contributed by atoms with Crippen molar-refractivity contribution in [1.82, 2.24) is 0 Å². The van der Waals surface area contributed by atoms with Gasteiger partial charge in [0, 0.05) is 0 Å². The molecule has 5 N–H and O–H groups in total. The number of benzene rings is 4. The smallest absolute Gasteiger partial charge is 0.296 e. The van der Waals surface area contributed by atoms with Crippen LogP contribution in [0.4, 0.5) is 28.4 Å². The summed E-state index contributed by atoms with van der Waals surface area (Å²) in [5.41, 5.74) is 6.97. The Morgan fingerprint density at radius 2 is 1.61 bits per heavy atom. The summed E-state index contributed by atoms with van der Waals surface area (Å²) in [6.07, 6.45) is 0. The van der Waals surface area contributed by atoms with Crippen molar-refractivity contribution in [3.05, 3.63) is 65.7 Å². The van der Waals surface area contributed by atoms with Gasteiger partial charge in [0.2, 0.25) is 0 Å². The molecule has 46 heavy (non-hydrogen) atoms. The normalized spacial score (nSPS) is 13.9. The van der Waals surface area contributed by atoms with Gasteiger partial charge in [0.1, 0.15) is 34.3 Å². The van der Waals surface area contributed by atoms with E-state index in [1.54, 1.807) is 19.1 Å². The number of nitrogens with two attached hydrogens (primary N) is 1. The third kappa shape index (κ3) is 7.04. The van der Waals surface area contributed by atoms with E-state index in [2.05, 4.69) is 25.3 Å². The predicted molar refractivity (Wildman–Crippen MR) is 166 cm³/mol. The fourth-order valence-electron chi connectivity index (χ4n) is 4.35. The number of nitrogen functional groups attached to an aromatic ring is 1. The SMILES string of the molecule is COc1ccc(C)cc1N=Nc1c(C)cc2cc(S(=O)(=O)O)c(N=Nc3ccc(S(=O)(=O)C(COO)S(=O)[O-])cc3)c(N)c2c1O. The topological polar surface area (TPSA) is 263 Å². The van der Waals surface area contributed by atoms with E-state index in [1.165, 1.54) is 13.2 Å². The Hall–Kier alpha value is -4.37. The second kappa shape index (κ2) is 13.5. The molecular weight excluding hydrogens is 667 g/mol. The molecule has 0 saturated heterocycles. The van der Waals surface area contributed by atoms with E-state index < -0.39 is 63.5 Å². The standard InChI is InChI=1S/C27H27N5O11S3/c1-14-4-9-20(42-3)19(10-14)30-31-25-15(2)11-16-12-21(46(39,40)41)26(24(28)23(16)27(25)33)32-29-17-5-7-18(8-6-17)45(37,38)22(13-43-34)44(35)36/h4-12,22,33-34H,13,28H2,1-3H3,(H,35,36)(H,39,40,41)/p-1. The second-order valence-electron chi connectivity index (χ2n) is 9.70. The summed E-state index contributed by atoms with van der Waals surface area (Å²) in [5, 5.41) is 36.0. The molecule has 4 aromatic rings. The number of rotatable bonds is 11. The number of aryl methyl sites for hydroxylation is 2. The Kier molecular flexibility index (Phi) is 10.2. The summed E-state index contributed by atoms with van der Waals surface area (Å²) in [4.78, 5) is 2.53. The Labute approximate surface area is 265 Å². The predicted octanol–water partition coefficient (Wildman–Crippen LogP) is 5.30. The van der Waals surface area contributed by atoms with Crippen molar-refractivity contribution in [2.45, 2.75) is 28.2 Å². The van der Waals surface area contributed by atoms with Gasteiger partial charge < -0.3 is 20.1 Å². The molecule has 4 aromatic carbocycles. The molecule has 0 amide bonds. The van der Waals surface area contributed by atoms with Gasteiger partial charge in [-0.2, -0.15) is 13.5 Å². The summed E-state index contributed by atoms with van der Waals surface area (Å²) < 4.78 is 85.8. The van der Waals surface area contributed by atoms with Crippen molar-refractivity contribution in [3.63, 3.8) is 0 Å². The number of azo groups is 2. The van der Waals surface area contributed by atoms with Crippen molar-refractivity contribution in [1.29, 1.82) is 0 Å². The Bertz CT molecular complexity index is 2120. The minimum atomic E-state index is -4.94. The first-order valence-electron chi connectivity index (χ1n) is 12.8. The van der Waals surface area contributed by atoms with Gasteiger partial charge in [-0.05, 0) is 90.0 Å². The highest BCUT2D eigenvalue weighted by Crippen LogP contribution is 2.47. The van der Waals surface area contributed by atoms with Crippen LogP contribution in [0.3, 0.4) is 0 Å². The first-order chi connectivity index (χ1) is 21.6. The van der Waals surface area contributed by atoms with Crippen LogP contribution in [-0.4, -0.2) is 58.8 Å². The van der Waals surface area contributed by atoms with Crippen LogP contribution in [0.1, 0.15) is 11.1 Å². The molecule has 2 atom stereocenters. The summed E-state index contributed by atoms with van der Waals surface area (Å²) in [6.45, 7) is 2.41. The highest BCUT2D eigenvalue weighted by atomic mass is 32.3. The van der Waals surface area contributed by atoms with E-state index in [0.29, 0.717) is 17.0 Å². The van der Waals surface area contributed by atoms with Gasteiger partial charge in [-0.15, -0.1) is 15.3 Å². The lowest BCUT2D eigenvalue weighted by Crippen LogP contribution is -2.30. The lowest BCUT2D eigenvalue weighted by atomic mass is 10.0. The summed E-state index contributed by atoms with van der Waals surface area (Å²) in [6, 6.07) is 12.0. The van der Waals surface area contributed by atoms with Gasteiger partial charge in [0.25, 0.3) is 10.1 Å². The van der Waals surface area contributed by atoms with Gasteiger partial charge in [-0.1, -0.05) is 6.07 Å². The molecule has 0 fully saturated rings. The minimum absolute atomic E-state index is 0.00552. The average Bonchev–Trinajstić information content (AvgIpc) is 2.98. The quantitative estimate of drug-likeness (QED) is 0.0390. The molecule has 0 bridgehead atoms. The zero-order valence-corrected chi connectivity index (χ0v) is 26.6. The van der Waals surface area contributed by atoms with Crippen LogP contribution < -0.4 is 10.5 Å². The highest BCUT2D eigenvalue weighted by Gasteiger charge is 2.29. The van der Waals surface area contributed by atoms with Crippen molar-refractivity contribution in [2.75, 3.05) is 19.5 Å². The number of phenols is 1. The van der Waals surface area contributed by atoms with Crippen LogP contribution in [0, 0.1) is 13.8 Å². The van der Waals surface area contributed by atoms with Gasteiger partial charge in [-0.3, -0.25) is 14.0 Å². The van der Waals surface area contributed by atoms with Crippen LogP contribution in [-0.2, 0) is 35.9 Å². The molecule has 0 spiro atoms. The number of fused-ring (bicyclic) bond motifs is 1. The van der Waals surface area contributed by atoms with E-state index in [0.717, 1.165) is 35.9 Å². The third-order valence-corrected chi connectivity index (χ3v) is 11.0. The first-order valence-corrected chi connectivity index (χ1v) is 16.9. The molecule has 16 nitrogen and oxygen atoms in total. The average molecular weight is 693 g/mol. The number of anilines is 1. The number of methoxy groups -OCH3 is 1. The Morgan fingerprint density at radius 3 is 2.20 bits per heavy atom. The van der Waals surface area contributed by atoms with E-state index in [4.69, 9.17) is 15.7 Å². The van der Waals surface area contributed by atoms with Crippen molar-refractivity contribution < 1.29 is 50.1 Å². The number of hydrogen-bond donors (Lipinski definition) is 4. The molecule has 19 heteroatoms. The van der Waals surface area contributed by atoms with Crippen LogP contribution in [0.15, 0.2) is 84.8 Å². The lowest BCUT2D eigenvalue weighted by molar-refractivity contribution is -0.238. The van der Waals surface area contributed by atoms with Crippen LogP contribution in [0.5, 0.6) is 11.5 Å². The minimum Gasteiger partial charge on any atom is -0.771 e. The molecule has 0 heterocycles. The van der Waals surface area contributed by atoms with E-state index in [9.17, 15) is 35.3 Å². The summed E-state index contributed by atoms with van der Waals surface area (Å²) in [7, 11) is -7.97. The van der Waals surface area contributed by atoms with Gasteiger partial charge in [0.15, 0.2) is 20.2 Å². The second-order valence-corrected chi connectivity index (χ2v) is 14.6. The maximum Gasteiger partial charge on any atom is 0.296 e. The van der Waals surface area contributed by atoms with Gasteiger partial charge in [0.05, 0.1) is 28.8 Å². The van der Waals surface area contributed by atoms with Crippen molar-refractivity contribution in [2.24, 2.45) is 20.5 Å². The zero-order valence-electron chi connectivity index (χ0n) is 24.2. The molecule has 0 radical (unpaired) electrons. The maximum absolute atomic E-state index is 12.6. The monoisotopic (exact) mass is 692 g/mol. The lowest BCUT2D eigenvalue weighted by Gasteiger charge is -2.18. The zero-order chi connectivity index (χ0) is 34.0. The van der Waals surface area contributed by atoms with E-state index >= 15 is 0 Å². The molecule has 4 rings (SSSR count). The van der Waals surface area contributed by atoms with Crippen LogP contribution in [0.25, 0.3) is 10.8 Å². The number of hydrogen-bond acceptors (Lipinski definition) is 15. The van der Waals surface area contributed by atoms with Crippen LogP contribution >= 0.6 is 0 Å². The molecule has 2 unspecified atom stereocenters. The van der Waals surface area contributed by atoms with Gasteiger partial charge >= 0.3 is 0 Å². The maximum atomic E-state index is 12.6. The third-order valence-electron chi connectivity index (χ3n) is 6.61. The largest absolute Gasteiger partial charge is 0.771 e. The molecule has 0 aliphatic carbocycles. The van der Waals surface area contributed by atoms with Crippen molar-refractivity contribution >= 4 is 70.2 Å². The molecule has 0 saturated carbocycles. The fourth-order valence-corrected chi connectivity index (χ4v) is 7.42. The van der Waals surface area contributed by atoms with Gasteiger partial charge in [-0.25, -0.2) is 13.3 Å². The number of nitrogens with zero attached hydrogens (tertiary/aromatic N) is 4. The van der Waals surface area contributed by atoms with E-state index in [1.807, 2.05) is 13.0 Å². The molecular formula is C27H26N5O11S3-.